The number of ether oxygens (including phenoxy) is 2. The predicted molar refractivity (Wildman–Crippen MR) is 95.7 cm³/mol. The molecule has 0 spiro atoms. The van der Waals surface area contributed by atoms with Gasteiger partial charge in [-0.3, -0.25) is 20.4 Å². The van der Waals surface area contributed by atoms with Gasteiger partial charge in [0.2, 0.25) is 6.10 Å². The van der Waals surface area contributed by atoms with Crippen molar-refractivity contribution in [3.63, 3.8) is 0 Å². The summed E-state index contributed by atoms with van der Waals surface area (Å²) < 4.78 is 48.7. The molecule has 1 aliphatic rings. The third kappa shape index (κ3) is 4.06. The van der Waals surface area contributed by atoms with Crippen molar-refractivity contribution >= 4 is 21.7 Å². The molecular weight excluding hydrogens is 391 g/mol. The molecular formula is C18H17FN2O6S. The van der Waals surface area contributed by atoms with Crippen LogP contribution in [0.15, 0.2) is 53.4 Å². The predicted octanol–water partition coefficient (Wildman–Crippen LogP) is 0.975. The summed E-state index contributed by atoms with van der Waals surface area (Å²) in [6.45, 7) is 1.10. The van der Waals surface area contributed by atoms with Crippen molar-refractivity contribution < 1.29 is 31.9 Å². The standard InChI is InChI=1S/C18H17FN2O6S/c1-11(28(24,25)13-8-6-12(19)7-9-13)17(22)20-21-18(23)16-10-26-14-4-2-3-5-15(14)27-16/h2-9,11,16H,10H2,1H3,(H,20,22)(H,21,23). The van der Waals surface area contributed by atoms with Crippen molar-refractivity contribution in [2.75, 3.05) is 6.61 Å². The van der Waals surface area contributed by atoms with Crippen LogP contribution in [-0.2, 0) is 19.4 Å². The molecule has 2 atom stereocenters. The van der Waals surface area contributed by atoms with E-state index in [-0.39, 0.29) is 11.5 Å². The molecule has 10 heteroatoms. The summed E-state index contributed by atoms with van der Waals surface area (Å²) in [5, 5.41) is -1.51. The highest BCUT2D eigenvalue weighted by Crippen LogP contribution is 2.30. The molecule has 0 radical (unpaired) electrons. The molecule has 0 bridgehead atoms. The fourth-order valence-electron chi connectivity index (χ4n) is 2.42. The van der Waals surface area contributed by atoms with E-state index in [1.54, 1.807) is 24.3 Å². The third-order valence-corrected chi connectivity index (χ3v) is 6.16. The molecule has 0 fully saturated rings. The minimum Gasteiger partial charge on any atom is -0.485 e. The maximum Gasteiger partial charge on any atom is 0.283 e. The van der Waals surface area contributed by atoms with E-state index >= 15 is 0 Å². The second-order valence-corrected chi connectivity index (χ2v) is 8.25. The number of para-hydroxylation sites is 2. The van der Waals surface area contributed by atoms with Gasteiger partial charge in [0.05, 0.1) is 4.90 Å². The highest BCUT2D eigenvalue weighted by Gasteiger charge is 2.32. The van der Waals surface area contributed by atoms with Gasteiger partial charge in [-0.1, -0.05) is 12.1 Å². The summed E-state index contributed by atoms with van der Waals surface area (Å²) in [7, 11) is -4.05. The number of fused-ring (bicyclic) bond motifs is 1. The fourth-order valence-corrected chi connectivity index (χ4v) is 3.69. The number of amides is 2. The first-order chi connectivity index (χ1) is 13.3. The maximum atomic E-state index is 13.0. The summed E-state index contributed by atoms with van der Waals surface area (Å²) in [5.74, 6) is -1.37. The Balaban J connectivity index is 1.59. The molecule has 3 rings (SSSR count). The number of nitrogens with one attached hydrogen (secondary N) is 2. The van der Waals surface area contributed by atoms with E-state index in [9.17, 15) is 22.4 Å². The molecule has 2 amide bonds. The normalized spacial score (nSPS) is 16.7. The first-order valence-electron chi connectivity index (χ1n) is 8.26. The average molecular weight is 408 g/mol. The molecule has 2 N–H and O–H groups in total. The van der Waals surface area contributed by atoms with Crippen molar-refractivity contribution in [3.8, 4) is 11.5 Å². The van der Waals surface area contributed by atoms with Crippen LogP contribution in [0.25, 0.3) is 0 Å². The molecule has 2 aromatic carbocycles. The third-order valence-electron chi connectivity index (χ3n) is 4.09. The average Bonchev–Trinajstić information content (AvgIpc) is 2.71. The van der Waals surface area contributed by atoms with Crippen LogP contribution in [0, 0.1) is 5.82 Å². The molecule has 28 heavy (non-hydrogen) atoms. The number of carbonyl (C=O) groups excluding carboxylic acids is 2. The summed E-state index contributed by atoms with van der Waals surface area (Å²) in [6.07, 6.45) is -1.01. The highest BCUT2D eigenvalue weighted by molar-refractivity contribution is 7.92. The molecule has 2 unspecified atom stereocenters. The number of carbonyl (C=O) groups is 2. The van der Waals surface area contributed by atoms with E-state index in [0.717, 1.165) is 31.2 Å². The summed E-state index contributed by atoms with van der Waals surface area (Å²) in [6, 6.07) is 10.9. The Morgan fingerprint density at radius 1 is 1.07 bits per heavy atom. The van der Waals surface area contributed by atoms with Gasteiger partial charge in [-0.15, -0.1) is 0 Å². The van der Waals surface area contributed by atoms with E-state index < -0.39 is 38.8 Å². The van der Waals surface area contributed by atoms with Crippen LogP contribution >= 0.6 is 0 Å². The number of halogens is 1. The zero-order chi connectivity index (χ0) is 20.3. The van der Waals surface area contributed by atoms with Crippen LogP contribution < -0.4 is 20.3 Å². The Bertz CT molecular complexity index is 993. The number of sulfone groups is 1. The quantitative estimate of drug-likeness (QED) is 0.576. The number of hydrogen-bond donors (Lipinski definition) is 2. The molecule has 8 nitrogen and oxygen atoms in total. The molecule has 148 valence electrons. The smallest absolute Gasteiger partial charge is 0.283 e. The molecule has 2 aromatic rings. The van der Waals surface area contributed by atoms with Crippen molar-refractivity contribution in [1.29, 1.82) is 0 Å². The van der Waals surface area contributed by atoms with Crippen LogP contribution in [0.2, 0.25) is 0 Å². The van der Waals surface area contributed by atoms with Gasteiger partial charge in [0.25, 0.3) is 11.8 Å². The topological polar surface area (TPSA) is 111 Å². The lowest BCUT2D eigenvalue weighted by atomic mass is 10.2. The second kappa shape index (κ2) is 7.85. The van der Waals surface area contributed by atoms with Crippen molar-refractivity contribution in [1.82, 2.24) is 10.9 Å². The Hall–Kier alpha value is -3.14. The van der Waals surface area contributed by atoms with Gasteiger partial charge in [-0.05, 0) is 43.3 Å². The summed E-state index contributed by atoms with van der Waals surface area (Å²) in [5.41, 5.74) is 4.19. The van der Waals surface area contributed by atoms with E-state index in [4.69, 9.17) is 9.47 Å². The SMILES string of the molecule is CC(C(=O)NNC(=O)C1COc2ccccc2O1)S(=O)(=O)c1ccc(F)cc1. The number of hydrogen-bond acceptors (Lipinski definition) is 6. The largest absolute Gasteiger partial charge is 0.485 e. The molecule has 0 saturated heterocycles. The van der Waals surface area contributed by atoms with Crippen LogP contribution in [0.3, 0.4) is 0 Å². The van der Waals surface area contributed by atoms with Gasteiger partial charge in [-0.25, -0.2) is 12.8 Å². The lowest BCUT2D eigenvalue weighted by Crippen LogP contribution is -2.53. The lowest BCUT2D eigenvalue weighted by molar-refractivity contribution is -0.134. The van der Waals surface area contributed by atoms with Crippen LogP contribution in [0.5, 0.6) is 11.5 Å². The lowest BCUT2D eigenvalue weighted by Gasteiger charge is -2.25. The minimum absolute atomic E-state index is 0.0673. The summed E-state index contributed by atoms with van der Waals surface area (Å²) in [4.78, 5) is 24.1. The molecule has 1 aliphatic heterocycles. The van der Waals surface area contributed by atoms with Gasteiger partial charge < -0.3 is 9.47 Å². The number of benzene rings is 2. The highest BCUT2D eigenvalue weighted by atomic mass is 32.2. The first-order valence-corrected chi connectivity index (χ1v) is 9.81. The molecule has 0 aromatic heterocycles. The Morgan fingerprint density at radius 3 is 2.39 bits per heavy atom. The Kier molecular flexibility index (Phi) is 5.50. The van der Waals surface area contributed by atoms with Crippen molar-refractivity contribution in [3.05, 3.63) is 54.3 Å². The van der Waals surface area contributed by atoms with Crippen LogP contribution in [0.4, 0.5) is 4.39 Å². The van der Waals surface area contributed by atoms with E-state index in [1.165, 1.54) is 0 Å². The van der Waals surface area contributed by atoms with Gasteiger partial charge in [0, 0.05) is 0 Å². The molecule has 0 saturated carbocycles. The van der Waals surface area contributed by atoms with Gasteiger partial charge in [-0.2, -0.15) is 0 Å². The van der Waals surface area contributed by atoms with Crippen molar-refractivity contribution in [2.45, 2.75) is 23.2 Å². The van der Waals surface area contributed by atoms with Gasteiger partial charge in [0.15, 0.2) is 21.3 Å². The van der Waals surface area contributed by atoms with Crippen molar-refractivity contribution in [2.24, 2.45) is 0 Å². The zero-order valence-electron chi connectivity index (χ0n) is 14.7. The molecule has 1 heterocycles. The van der Waals surface area contributed by atoms with Gasteiger partial charge >= 0.3 is 0 Å². The second-order valence-electron chi connectivity index (χ2n) is 5.98. The van der Waals surface area contributed by atoms with E-state index in [1.807, 2.05) is 0 Å². The van der Waals surface area contributed by atoms with E-state index in [2.05, 4.69) is 10.9 Å². The Morgan fingerprint density at radius 2 is 1.71 bits per heavy atom. The zero-order valence-corrected chi connectivity index (χ0v) is 15.5. The monoisotopic (exact) mass is 408 g/mol. The van der Waals surface area contributed by atoms with Gasteiger partial charge in [0.1, 0.15) is 17.7 Å². The molecule has 0 aliphatic carbocycles. The Labute approximate surface area is 160 Å². The van der Waals surface area contributed by atoms with E-state index in [0.29, 0.717) is 11.5 Å². The first kappa shape index (κ1) is 19.6. The number of hydrazine groups is 1. The number of rotatable bonds is 4. The van der Waals surface area contributed by atoms with Crippen LogP contribution in [0.1, 0.15) is 6.92 Å². The maximum absolute atomic E-state index is 13.0. The fraction of sp³-hybridized carbons (Fsp3) is 0.222. The summed E-state index contributed by atoms with van der Waals surface area (Å²) >= 11 is 0. The van der Waals surface area contributed by atoms with Crippen LogP contribution in [-0.4, -0.2) is 38.2 Å². The minimum atomic E-state index is -4.05.